The Kier molecular flexibility index (Phi) is 4.06. The first-order valence-corrected chi connectivity index (χ1v) is 7.22. The fourth-order valence-electron chi connectivity index (χ4n) is 2.17. The lowest BCUT2D eigenvalue weighted by Gasteiger charge is -2.15. The van der Waals surface area contributed by atoms with Crippen LogP contribution in [0.5, 0.6) is 11.5 Å². The second-order valence-corrected chi connectivity index (χ2v) is 5.38. The molecule has 1 aliphatic heterocycles. The molecule has 2 amide bonds. The van der Waals surface area contributed by atoms with E-state index in [1.54, 1.807) is 30.3 Å². The maximum absolute atomic E-state index is 12.0. The fraction of sp³-hybridized carbons (Fsp3) is 0.188. The standard InChI is InChI=1S/C16H15ClN2O3/c1-10(11-2-4-12(17)5-3-11)18-16(20)19-13-6-7-14-15(8-13)22-9-21-14/h2-8,10H,9H2,1H3,(H2,18,19,20). The molecule has 0 saturated carbocycles. The zero-order chi connectivity index (χ0) is 15.5. The van der Waals surface area contributed by atoms with Gasteiger partial charge in [0.25, 0.3) is 0 Å². The predicted octanol–water partition coefficient (Wildman–Crippen LogP) is 3.95. The van der Waals surface area contributed by atoms with Gasteiger partial charge in [-0.1, -0.05) is 23.7 Å². The van der Waals surface area contributed by atoms with E-state index in [2.05, 4.69) is 10.6 Å². The van der Waals surface area contributed by atoms with E-state index in [0.29, 0.717) is 22.2 Å². The maximum atomic E-state index is 12.0. The van der Waals surface area contributed by atoms with E-state index in [9.17, 15) is 4.79 Å². The molecule has 22 heavy (non-hydrogen) atoms. The van der Waals surface area contributed by atoms with Gasteiger partial charge in [0.2, 0.25) is 6.79 Å². The van der Waals surface area contributed by atoms with Crippen LogP contribution in [0.1, 0.15) is 18.5 Å². The highest BCUT2D eigenvalue weighted by Crippen LogP contribution is 2.34. The number of carbonyl (C=O) groups excluding carboxylic acids is 1. The van der Waals surface area contributed by atoms with Crippen LogP contribution in [0.15, 0.2) is 42.5 Å². The number of urea groups is 1. The average molecular weight is 319 g/mol. The van der Waals surface area contributed by atoms with Gasteiger partial charge in [-0.2, -0.15) is 0 Å². The lowest BCUT2D eigenvalue weighted by molar-refractivity contribution is 0.174. The summed E-state index contributed by atoms with van der Waals surface area (Å²) in [6, 6.07) is 12.2. The second kappa shape index (κ2) is 6.15. The topological polar surface area (TPSA) is 59.6 Å². The molecule has 0 aliphatic carbocycles. The molecular formula is C16H15ClN2O3. The highest BCUT2D eigenvalue weighted by atomic mass is 35.5. The number of benzene rings is 2. The molecule has 114 valence electrons. The van der Waals surface area contributed by atoms with Crippen LogP contribution < -0.4 is 20.1 Å². The first kappa shape index (κ1) is 14.5. The molecule has 1 aliphatic rings. The Morgan fingerprint density at radius 1 is 1.14 bits per heavy atom. The summed E-state index contributed by atoms with van der Waals surface area (Å²) in [4.78, 5) is 12.0. The van der Waals surface area contributed by atoms with Gasteiger partial charge in [-0.3, -0.25) is 0 Å². The molecule has 5 nitrogen and oxygen atoms in total. The minimum Gasteiger partial charge on any atom is -0.454 e. The van der Waals surface area contributed by atoms with Gasteiger partial charge >= 0.3 is 6.03 Å². The van der Waals surface area contributed by atoms with Crippen molar-refractivity contribution in [2.24, 2.45) is 0 Å². The van der Waals surface area contributed by atoms with Crippen molar-refractivity contribution in [1.29, 1.82) is 0 Å². The van der Waals surface area contributed by atoms with E-state index in [-0.39, 0.29) is 18.9 Å². The Morgan fingerprint density at radius 2 is 1.86 bits per heavy atom. The van der Waals surface area contributed by atoms with Gasteiger partial charge in [0.15, 0.2) is 11.5 Å². The average Bonchev–Trinajstić information content (AvgIpc) is 2.95. The number of halogens is 1. The van der Waals surface area contributed by atoms with Crippen LogP contribution >= 0.6 is 11.6 Å². The van der Waals surface area contributed by atoms with Crippen LogP contribution in [0.3, 0.4) is 0 Å². The van der Waals surface area contributed by atoms with Crippen molar-refractivity contribution in [2.45, 2.75) is 13.0 Å². The Morgan fingerprint density at radius 3 is 2.64 bits per heavy atom. The predicted molar refractivity (Wildman–Crippen MR) is 84.6 cm³/mol. The number of carbonyl (C=O) groups is 1. The molecule has 1 atom stereocenters. The zero-order valence-electron chi connectivity index (χ0n) is 11.9. The van der Waals surface area contributed by atoms with Crippen molar-refractivity contribution in [2.75, 3.05) is 12.1 Å². The minimum absolute atomic E-state index is 0.133. The third-order valence-corrected chi connectivity index (χ3v) is 3.60. The van der Waals surface area contributed by atoms with Crippen LogP contribution in [0.25, 0.3) is 0 Å². The normalized spacial score (nSPS) is 13.5. The molecule has 0 saturated heterocycles. The molecule has 2 N–H and O–H groups in total. The van der Waals surface area contributed by atoms with Crippen LogP contribution in [0, 0.1) is 0 Å². The monoisotopic (exact) mass is 318 g/mol. The van der Waals surface area contributed by atoms with Gasteiger partial charge in [0, 0.05) is 16.8 Å². The lowest BCUT2D eigenvalue weighted by atomic mass is 10.1. The number of anilines is 1. The van der Waals surface area contributed by atoms with Crippen molar-refractivity contribution in [1.82, 2.24) is 5.32 Å². The molecule has 0 aromatic heterocycles. The summed E-state index contributed by atoms with van der Waals surface area (Å²) in [6.07, 6.45) is 0. The van der Waals surface area contributed by atoms with E-state index < -0.39 is 0 Å². The summed E-state index contributed by atoms with van der Waals surface area (Å²) in [5, 5.41) is 6.31. The van der Waals surface area contributed by atoms with Gasteiger partial charge in [-0.25, -0.2) is 4.79 Å². The molecule has 0 bridgehead atoms. The SMILES string of the molecule is CC(NC(=O)Nc1ccc2c(c1)OCO2)c1ccc(Cl)cc1. The summed E-state index contributed by atoms with van der Waals surface area (Å²) >= 11 is 5.85. The quantitative estimate of drug-likeness (QED) is 0.900. The molecule has 2 aromatic rings. The highest BCUT2D eigenvalue weighted by Gasteiger charge is 2.15. The smallest absolute Gasteiger partial charge is 0.319 e. The van der Waals surface area contributed by atoms with Crippen LogP contribution in [0.2, 0.25) is 5.02 Å². The summed E-state index contributed by atoms with van der Waals surface area (Å²) in [5.74, 6) is 1.31. The van der Waals surface area contributed by atoms with E-state index >= 15 is 0 Å². The number of fused-ring (bicyclic) bond motifs is 1. The largest absolute Gasteiger partial charge is 0.454 e. The Hall–Kier alpha value is -2.40. The number of hydrogen-bond donors (Lipinski definition) is 2. The van der Waals surface area contributed by atoms with Crippen LogP contribution in [-0.2, 0) is 0 Å². The summed E-state index contributed by atoms with van der Waals surface area (Å²) in [6.45, 7) is 2.11. The Bertz CT molecular complexity index is 688. The van der Waals surface area contributed by atoms with Crippen LogP contribution in [-0.4, -0.2) is 12.8 Å². The molecule has 0 spiro atoms. The molecule has 0 fully saturated rings. The first-order valence-electron chi connectivity index (χ1n) is 6.84. The maximum Gasteiger partial charge on any atom is 0.319 e. The third kappa shape index (κ3) is 3.26. The van der Waals surface area contributed by atoms with Crippen molar-refractivity contribution in [3.8, 4) is 11.5 Å². The number of ether oxygens (including phenoxy) is 2. The number of nitrogens with one attached hydrogen (secondary N) is 2. The molecule has 0 radical (unpaired) electrons. The number of rotatable bonds is 3. The zero-order valence-corrected chi connectivity index (χ0v) is 12.7. The third-order valence-electron chi connectivity index (χ3n) is 3.35. The van der Waals surface area contributed by atoms with Gasteiger partial charge in [-0.05, 0) is 36.8 Å². The van der Waals surface area contributed by atoms with E-state index in [1.807, 2.05) is 19.1 Å². The van der Waals surface area contributed by atoms with Gasteiger partial charge in [0.1, 0.15) is 0 Å². The van der Waals surface area contributed by atoms with Crippen molar-refractivity contribution >= 4 is 23.3 Å². The fourth-order valence-corrected chi connectivity index (χ4v) is 2.30. The van der Waals surface area contributed by atoms with Crippen molar-refractivity contribution in [3.05, 3.63) is 53.1 Å². The molecule has 6 heteroatoms. The van der Waals surface area contributed by atoms with Crippen molar-refractivity contribution < 1.29 is 14.3 Å². The Labute approximate surface area is 133 Å². The summed E-state index contributed by atoms with van der Waals surface area (Å²) in [7, 11) is 0. The van der Waals surface area contributed by atoms with Crippen LogP contribution in [0.4, 0.5) is 10.5 Å². The first-order chi connectivity index (χ1) is 10.6. The number of hydrogen-bond acceptors (Lipinski definition) is 3. The molecule has 3 rings (SSSR count). The van der Waals surface area contributed by atoms with E-state index in [1.165, 1.54) is 0 Å². The highest BCUT2D eigenvalue weighted by molar-refractivity contribution is 6.30. The van der Waals surface area contributed by atoms with Gasteiger partial charge in [-0.15, -0.1) is 0 Å². The molecule has 1 unspecified atom stereocenters. The minimum atomic E-state index is -0.290. The molecule has 1 heterocycles. The van der Waals surface area contributed by atoms with E-state index in [4.69, 9.17) is 21.1 Å². The van der Waals surface area contributed by atoms with Gasteiger partial charge in [0.05, 0.1) is 6.04 Å². The Balaban J connectivity index is 1.61. The summed E-state index contributed by atoms with van der Waals surface area (Å²) in [5.41, 5.74) is 1.62. The van der Waals surface area contributed by atoms with Crippen molar-refractivity contribution in [3.63, 3.8) is 0 Å². The van der Waals surface area contributed by atoms with E-state index in [0.717, 1.165) is 5.56 Å². The van der Waals surface area contributed by atoms with Gasteiger partial charge < -0.3 is 20.1 Å². The lowest BCUT2D eigenvalue weighted by Crippen LogP contribution is -2.31. The number of amides is 2. The molecule has 2 aromatic carbocycles. The summed E-state index contributed by atoms with van der Waals surface area (Å²) < 4.78 is 10.5. The molecular weight excluding hydrogens is 304 g/mol. The second-order valence-electron chi connectivity index (χ2n) is 4.94.